The summed E-state index contributed by atoms with van der Waals surface area (Å²) >= 11 is 5.69. The fourth-order valence-corrected chi connectivity index (χ4v) is 1.91. The maximum atomic E-state index is 13.0. The van der Waals surface area contributed by atoms with Crippen molar-refractivity contribution < 1.29 is 17.9 Å². The predicted octanol–water partition coefficient (Wildman–Crippen LogP) is 4.82. The summed E-state index contributed by atoms with van der Waals surface area (Å²) < 4.78 is 44.1. The molecule has 106 valence electrons. The Hall–Kier alpha value is -1.75. The molecule has 6 heteroatoms. The van der Waals surface area contributed by atoms with Crippen LogP contribution in [0.2, 0.25) is 5.15 Å². The first kappa shape index (κ1) is 14.7. The van der Waals surface area contributed by atoms with E-state index in [0.717, 1.165) is 12.1 Å². The molecule has 0 amide bonds. The summed E-state index contributed by atoms with van der Waals surface area (Å²) in [6.07, 6.45) is -4.48. The highest BCUT2D eigenvalue weighted by molar-refractivity contribution is 6.29. The van der Waals surface area contributed by atoms with Crippen molar-refractivity contribution in [1.82, 2.24) is 4.98 Å². The second kappa shape index (κ2) is 5.71. The monoisotopic (exact) mass is 301 g/mol. The number of halogens is 4. The van der Waals surface area contributed by atoms with Gasteiger partial charge in [-0.25, -0.2) is 4.98 Å². The van der Waals surface area contributed by atoms with Gasteiger partial charge in [0.2, 0.25) is 0 Å². The molecule has 0 N–H and O–H groups in total. The Morgan fingerprint density at radius 1 is 1.10 bits per heavy atom. The average Bonchev–Trinajstić information content (AvgIpc) is 2.38. The van der Waals surface area contributed by atoms with E-state index in [0.29, 0.717) is 17.9 Å². The standard InChI is InChI=1S/C14H11ClF3NO/c1-2-20-10-5-3-9(4-6-10)13-11(14(16,17)18)7-8-12(15)19-13/h3-8H,2H2,1H3. The number of ether oxygens (including phenoxy) is 1. The van der Waals surface area contributed by atoms with Crippen LogP contribution in [0.3, 0.4) is 0 Å². The van der Waals surface area contributed by atoms with Crippen LogP contribution < -0.4 is 4.74 Å². The fourth-order valence-electron chi connectivity index (χ4n) is 1.76. The normalized spacial score (nSPS) is 11.4. The van der Waals surface area contributed by atoms with Crippen LogP contribution in [-0.4, -0.2) is 11.6 Å². The van der Waals surface area contributed by atoms with Crippen molar-refractivity contribution in [3.63, 3.8) is 0 Å². The van der Waals surface area contributed by atoms with Gasteiger partial charge in [-0.3, -0.25) is 0 Å². The summed E-state index contributed by atoms with van der Waals surface area (Å²) in [5, 5.41) is 0.0156. The van der Waals surface area contributed by atoms with E-state index in [-0.39, 0.29) is 10.8 Å². The van der Waals surface area contributed by atoms with Gasteiger partial charge < -0.3 is 4.74 Å². The van der Waals surface area contributed by atoms with Crippen molar-refractivity contribution >= 4 is 11.6 Å². The van der Waals surface area contributed by atoms with Gasteiger partial charge in [-0.2, -0.15) is 13.2 Å². The minimum absolute atomic E-state index is 0.0156. The molecule has 2 aromatic rings. The smallest absolute Gasteiger partial charge is 0.418 e. The summed E-state index contributed by atoms with van der Waals surface area (Å²) in [5.41, 5.74) is -0.664. The number of aromatic nitrogens is 1. The SMILES string of the molecule is CCOc1ccc(-c2nc(Cl)ccc2C(F)(F)F)cc1. The van der Waals surface area contributed by atoms with Crippen LogP contribution in [-0.2, 0) is 6.18 Å². The molecular formula is C14H11ClF3NO. The number of rotatable bonds is 3. The first-order chi connectivity index (χ1) is 9.41. The molecule has 0 aliphatic carbocycles. The van der Waals surface area contributed by atoms with Gasteiger partial charge in [0.1, 0.15) is 10.9 Å². The maximum absolute atomic E-state index is 13.0. The molecule has 0 aliphatic heterocycles. The highest BCUT2D eigenvalue weighted by Gasteiger charge is 2.34. The fraction of sp³-hybridized carbons (Fsp3) is 0.214. The average molecular weight is 302 g/mol. The van der Waals surface area contributed by atoms with Crippen LogP contribution in [0, 0.1) is 0 Å². The lowest BCUT2D eigenvalue weighted by atomic mass is 10.1. The van der Waals surface area contributed by atoms with Gasteiger partial charge in [-0.15, -0.1) is 0 Å². The zero-order valence-electron chi connectivity index (χ0n) is 10.5. The summed E-state index contributed by atoms with van der Waals surface area (Å²) in [6, 6.07) is 8.31. The van der Waals surface area contributed by atoms with Crippen LogP contribution in [0.5, 0.6) is 5.75 Å². The van der Waals surface area contributed by atoms with Crippen molar-refractivity contribution in [2.45, 2.75) is 13.1 Å². The number of alkyl halides is 3. The number of hydrogen-bond donors (Lipinski definition) is 0. The lowest BCUT2D eigenvalue weighted by Crippen LogP contribution is -2.08. The summed E-state index contributed by atoms with van der Waals surface area (Å²) in [5.74, 6) is 0.590. The second-order valence-corrected chi connectivity index (χ2v) is 4.37. The maximum Gasteiger partial charge on any atom is 0.418 e. The van der Waals surface area contributed by atoms with E-state index < -0.39 is 11.7 Å². The lowest BCUT2D eigenvalue weighted by Gasteiger charge is -2.12. The van der Waals surface area contributed by atoms with Crippen molar-refractivity contribution in [3.05, 3.63) is 47.1 Å². The highest BCUT2D eigenvalue weighted by atomic mass is 35.5. The number of hydrogen-bond acceptors (Lipinski definition) is 2. The molecule has 0 saturated carbocycles. The first-order valence-corrected chi connectivity index (χ1v) is 6.26. The van der Waals surface area contributed by atoms with Crippen LogP contribution in [0.15, 0.2) is 36.4 Å². The lowest BCUT2D eigenvalue weighted by molar-refractivity contribution is -0.137. The molecule has 0 aliphatic rings. The van der Waals surface area contributed by atoms with E-state index in [1.807, 2.05) is 6.92 Å². The molecule has 0 spiro atoms. The first-order valence-electron chi connectivity index (χ1n) is 5.89. The largest absolute Gasteiger partial charge is 0.494 e. The third-order valence-electron chi connectivity index (χ3n) is 2.61. The van der Waals surface area contributed by atoms with Crippen molar-refractivity contribution in [2.75, 3.05) is 6.61 Å². The van der Waals surface area contributed by atoms with Gasteiger partial charge in [0.25, 0.3) is 0 Å². The minimum Gasteiger partial charge on any atom is -0.494 e. The van der Waals surface area contributed by atoms with Gasteiger partial charge in [0.05, 0.1) is 17.9 Å². The Morgan fingerprint density at radius 3 is 2.30 bits per heavy atom. The molecule has 0 radical (unpaired) electrons. The van der Waals surface area contributed by atoms with Gasteiger partial charge in [0, 0.05) is 5.56 Å². The van der Waals surface area contributed by atoms with Crippen LogP contribution in [0.25, 0.3) is 11.3 Å². The van der Waals surface area contributed by atoms with Gasteiger partial charge in [-0.1, -0.05) is 11.6 Å². The molecule has 20 heavy (non-hydrogen) atoms. The van der Waals surface area contributed by atoms with Gasteiger partial charge in [-0.05, 0) is 43.3 Å². The summed E-state index contributed by atoms with van der Waals surface area (Å²) in [7, 11) is 0. The van der Waals surface area contributed by atoms with Crippen molar-refractivity contribution in [2.24, 2.45) is 0 Å². The van der Waals surface area contributed by atoms with Crippen LogP contribution in [0.1, 0.15) is 12.5 Å². The topological polar surface area (TPSA) is 22.1 Å². The molecule has 0 unspecified atom stereocenters. The van der Waals surface area contributed by atoms with Crippen molar-refractivity contribution in [3.8, 4) is 17.0 Å². The Bertz CT molecular complexity index is 596. The second-order valence-electron chi connectivity index (χ2n) is 3.99. The Labute approximate surface area is 119 Å². The van der Waals surface area contributed by atoms with E-state index in [2.05, 4.69) is 4.98 Å². The molecule has 2 nitrogen and oxygen atoms in total. The molecule has 0 bridgehead atoms. The molecule has 1 aromatic carbocycles. The molecule has 0 atom stereocenters. The van der Waals surface area contributed by atoms with Crippen LogP contribution in [0.4, 0.5) is 13.2 Å². The quantitative estimate of drug-likeness (QED) is 0.758. The highest BCUT2D eigenvalue weighted by Crippen LogP contribution is 2.37. The van der Waals surface area contributed by atoms with Gasteiger partial charge in [0.15, 0.2) is 0 Å². The van der Waals surface area contributed by atoms with Crippen molar-refractivity contribution in [1.29, 1.82) is 0 Å². The zero-order chi connectivity index (χ0) is 14.8. The zero-order valence-corrected chi connectivity index (χ0v) is 11.3. The minimum atomic E-state index is -4.48. The molecule has 1 aromatic heterocycles. The van der Waals surface area contributed by atoms with Crippen LogP contribution >= 0.6 is 11.6 Å². The van der Waals surface area contributed by atoms with E-state index in [1.54, 1.807) is 12.1 Å². The van der Waals surface area contributed by atoms with E-state index in [1.165, 1.54) is 12.1 Å². The predicted molar refractivity (Wildman–Crippen MR) is 70.9 cm³/mol. The van der Waals surface area contributed by atoms with E-state index in [9.17, 15) is 13.2 Å². The Kier molecular flexibility index (Phi) is 4.18. The molecule has 1 heterocycles. The molecular weight excluding hydrogens is 291 g/mol. The third kappa shape index (κ3) is 3.22. The van der Waals surface area contributed by atoms with E-state index >= 15 is 0 Å². The number of pyridine rings is 1. The van der Waals surface area contributed by atoms with Gasteiger partial charge >= 0.3 is 6.18 Å². The number of benzene rings is 1. The summed E-state index contributed by atoms with van der Waals surface area (Å²) in [4.78, 5) is 3.79. The Balaban J connectivity index is 2.48. The Morgan fingerprint density at radius 2 is 1.75 bits per heavy atom. The third-order valence-corrected chi connectivity index (χ3v) is 2.82. The molecule has 0 fully saturated rings. The summed E-state index contributed by atoms with van der Waals surface area (Å²) in [6.45, 7) is 2.32. The molecule has 0 saturated heterocycles. The van der Waals surface area contributed by atoms with E-state index in [4.69, 9.17) is 16.3 Å². The number of nitrogens with zero attached hydrogens (tertiary/aromatic N) is 1. The molecule has 2 rings (SSSR count).